The largest absolute Gasteiger partial charge is 0.469 e. The number of nitrogens with one attached hydrogen (secondary N) is 1. The van der Waals surface area contributed by atoms with Crippen molar-refractivity contribution < 1.29 is 14.3 Å². The van der Waals surface area contributed by atoms with Crippen LogP contribution >= 0.6 is 0 Å². The number of ether oxygens (including phenoxy) is 1. The van der Waals surface area contributed by atoms with E-state index in [-0.39, 0.29) is 17.8 Å². The van der Waals surface area contributed by atoms with E-state index < -0.39 is 0 Å². The summed E-state index contributed by atoms with van der Waals surface area (Å²) >= 11 is 0. The van der Waals surface area contributed by atoms with Crippen LogP contribution in [0.15, 0.2) is 0 Å². The molecular formula is C13H26N2O3. The Kier molecular flexibility index (Phi) is 8.37. The first-order valence-electron chi connectivity index (χ1n) is 6.39. The van der Waals surface area contributed by atoms with Crippen molar-refractivity contribution in [1.29, 1.82) is 0 Å². The highest BCUT2D eigenvalue weighted by Crippen LogP contribution is 2.00. The van der Waals surface area contributed by atoms with Crippen LogP contribution in [0.4, 0.5) is 0 Å². The maximum Gasteiger partial charge on any atom is 0.309 e. The molecule has 5 nitrogen and oxygen atoms in total. The lowest BCUT2D eigenvalue weighted by Crippen LogP contribution is -2.38. The fraction of sp³-hybridized carbons (Fsp3) is 0.846. The molecule has 0 aromatic carbocycles. The first kappa shape index (κ1) is 16.9. The number of hydrogen-bond acceptors (Lipinski definition) is 4. The number of carbonyl (C=O) groups is 2. The van der Waals surface area contributed by atoms with Gasteiger partial charge in [-0.2, -0.15) is 0 Å². The Morgan fingerprint density at radius 3 is 2.39 bits per heavy atom. The van der Waals surface area contributed by atoms with Gasteiger partial charge in [0.05, 0.1) is 19.6 Å². The number of carbonyl (C=O) groups excluding carboxylic acids is 2. The molecule has 0 spiro atoms. The zero-order chi connectivity index (χ0) is 14.1. The maximum absolute atomic E-state index is 11.6. The van der Waals surface area contributed by atoms with Crippen molar-refractivity contribution in [3.8, 4) is 0 Å². The van der Waals surface area contributed by atoms with Crippen molar-refractivity contribution in [1.82, 2.24) is 10.2 Å². The summed E-state index contributed by atoms with van der Waals surface area (Å²) < 4.78 is 4.64. The molecule has 1 atom stereocenters. The third kappa shape index (κ3) is 8.06. The molecule has 0 bridgehead atoms. The molecule has 0 saturated carbocycles. The standard InChI is InChI=1S/C13H26N2O3/c1-10(2)6-7-14-12(16)9-15(4)8-11(3)13(17)18-5/h10-11H,6-9H2,1-5H3,(H,14,16). The molecule has 0 aromatic heterocycles. The molecule has 0 heterocycles. The highest BCUT2D eigenvalue weighted by atomic mass is 16.5. The van der Waals surface area contributed by atoms with Crippen LogP contribution in [0.5, 0.6) is 0 Å². The van der Waals surface area contributed by atoms with Gasteiger partial charge in [0.15, 0.2) is 0 Å². The Bertz CT molecular complexity index is 267. The second-order valence-electron chi connectivity index (χ2n) is 5.15. The van der Waals surface area contributed by atoms with Gasteiger partial charge in [-0.25, -0.2) is 0 Å². The van der Waals surface area contributed by atoms with E-state index in [4.69, 9.17) is 0 Å². The van der Waals surface area contributed by atoms with E-state index in [9.17, 15) is 9.59 Å². The summed E-state index contributed by atoms with van der Waals surface area (Å²) in [5.74, 6) is 0.114. The summed E-state index contributed by atoms with van der Waals surface area (Å²) in [6, 6.07) is 0. The van der Waals surface area contributed by atoms with Gasteiger partial charge in [0.2, 0.25) is 5.91 Å². The number of rotatable bonds is 8. The van der Waals surface area contributed by atoms with E-state index in [2.05, 4.69) is 23.9 Å². The van der Waals surface area contributed by atoms with Crippen LogP contribution in [0.1, 0.15) is 27.2 Å². The average molecular weight is 258 g/mol. The number of amides is 1. The molecule has 1 amide bonds. The molecule has 5 heteroatoms. The normalized spacial score (nSPS) is 12.6. The number of esters is 1. The number of nitrogens with zero attached hydrogens (tertiary/aromatic N) is 1. The number of likely N-dealkylation sites (N-methyl/N-ethyl adjacent to an activating group) is 1. The van der Waals surface area contributed by atoms with Crippen LogP contribution in [0.3, 0.4) is 0 Å². The molecule has 0 aromatic rings. The van der Waals surface area contributed by atoms with E-state index in [0.29, 0.717) is 25.6 Å². The lowest BCUT2D eigenvalue weighted by Gasteiger charge is -2.19. The zero-order valence-electron chi connectivity index (χ0n) is 12.2. The summed E-state index contributed by atoms with van der Waals surface area (Å²) in [6.07, 6.45) is 0.980. The van der Waals surface area contributed by atoms with Crippen molar-refractivity contribution in [2.45, 2.75) is 27.2 Å². The molecule has 0 fully saturated rings. The van der Waals surface area contributed by atoms with E-state index in [1.54, 1.807) is 6.92 Å². The Labute approximate surface area is 110 Å². The smallest absolute Gasteiger partial charge is 0.309 e. The van der Waals surface area contributed by atoms with Crippen molar-refractivity contribution in [2.24, 2.45) is 11.8 Å². The fourth-order valence-corrected chi connectivity index (χ4v) is 1.61. The van der Waals surface area contributed by atoms with Crippen molar-refractivity contribution in [3.63, 3.8) is 0 Å². The van der Waals surface area contributed by atoms with Crippen LogP contribution < -0.4 is 5.32 Å². The lowest BCUT2D eigenvalue weighted by molar-refractivity contribution is -0.145. The predicted octanol–water partition coefficient (Wildman–Crippen LogP) is 0.890. The lowest BCUT2D eigenvalue weighted by atomic mass is 10.1. The Balaban J connectivity index is 3.83. The molecule has 1 unspecified atom stereocenters. The van der Waals surface area contributed by atoms with E-state index in [0.717, 1.165) is 6.42 Å². The molecule has 0 aliphatic carbocycles. The van der Waals surface area contributed by atoms with E-state index >= 15 is 0 Å². The Morgan fingerprint density at radius 2 is 1.89 bits per heavy atom. The summed E-state index contributed by atoms with van der Waals surface area (Å²) in [5, 5.41) is 2.86. The second kappa shape index (κ2) is 8.91. The molecule has 0 aliphatic heterocycles. The van der Waals surface area contributed by atoms with Crippen LogP contribution in [0, 0.1) is 11.8 Å². The van der Waals surface area contributed by atoms with Gasteiger partial charge in [-0.1, -0.05) is 20.8 Å². The van der Waals surface area contributed by atoms with Crippen molar-refractivity contribution >= 4 is 11.9 Å². The molecular weight excluding hydrogens is 232 g/mol. The predicted molar refractivity (Wildman–Crippen MR) is 71.1 cm³/mol. The SMILES string of the molecule is COC(=O)C(C)CN(C)CC(=O)NCCC(C)C. The Morgan fingerprint density at radius 1 is 1.28 bits per heavy atom. The van der Waals surface area contributed by atoms with Crippen molar-refractivity contribution in [3.05, 3.63) is 0 Å². The summed E-state index contributed by atoms with van der Waals surface area (Å²) in [5.41, 5.74) is 0. The minimum Gasteiger partial charge on any atom is -0.469 e. The summed E-state index contributed by atoms with van der Waals surface area (Å²) in [4.78, 5) is 24.6. The number of hydrogen-bond donors (Lipinski definition) is 1. The van der Waals surface area contributed by atoms with Crippen LogP contribution in [-0.2, 0) is 14.3 Å². The minimum atomic E-state index is -0.248. The van der Waals surface area contributed by atoms with Gasteiger partial charge in [-0.05, 0) is 19.4 Å². The second-order valence-corrected chi connectivity index (χ2v) is 5.15. The van der Waals surface area contributed by atoms with E-state index in [1.165, 1.54) is 7.11 Å². The van der Waals surface area contributed by atoms with E-state index in [1.807, 2.05) is 11.9 Å². The van der Waals surface area contributed by atoms with Gasteiger partial charge in [0.25, 0.3) is 0 Å². The van der Waals surface area contributed by atoms with Gasteiger partial charge < -0.3 is 10.1 Å². The van der Waals surface area contributed by atoms with Crippen LogP contribution in [-0.4, -0.2) is 50.6 Å². The molecule has 0 radical (unpaired) electrons. The molecule has 0 rings (SSSR count). The van der Waals surface area contributed by atoms with Crippen LogP contribution in [0.2, 0.25) is 0 Å². The third-order valence-corrected chi connectivity index (χ3v) is 2.65. The van der Waals surface area contributed by atoms with Gasteiger partial charge in [0.1, 0.15) is 0 Å². The monoisotopic (exact) mass is 258 g/mol. The maximum atomic E-state index is 11.6. The zero-order valence-corrected chi connectivity index (χ0v) is 12.2. The summed E-state index contributed by atoms with van der Waals surface area (Å²) in [6.45, 7) is 7.56. The minimum absolute atomic E-state index is 0.00443. The molecule has 18 heavy (non-hydrogen) atoms. The average Bonchev–Trinajstić information content (AvgIpc) is 2.26. The quantitative estimate of drug-likeness (QED) is 0.657. The number of methoxy groups -OCH3 is 1. The molecule has 106 valence electrons. The molecule has 1 N–H and O–H groups in total. The molecule has 0 saturated heterocycles. The van der Waals surface area contributed by atoms with Crippen molar-refractivity contribution in [2.75, 3.05) is 33.8 Å². The summed E-state index contributed by atoms with van der Waals surface area (Å²) in [7, 11) is 3.19. The first-order valence-corrected chi connectivity index (χ1v) is 6.39. The van der Waals surface area contributed by atoms with Gasteiger partial charge >= 0.3 is 5.97 Å². The third-order valence-electron chi connectivity index (χ3n) is 2.65. The highest BCUT2D eigenvalue weighted by molar-refractivity contribution is 5.78. The van der Waals surface area contributed by atoms with Gasteiger partial charge in [-0.15, -0.1) is 0 Å². The first-order chi connectivity index (χ1) is 8.36. The van der Waals surface area contributed by atoms with Gasteiger partial charge in [-0.3, -0.25) is 14.5 Å². The Hall–Kier alpha value is -1.10. The van der Waals surface area contributed by atoms with Crippen LogP contribution in [0.25, 0.3) is 0 Å². The van der Waals surface area contributed by atoms with Gasteiger partial charge in [0, 0.05) is 13.1 Å². The fourth-order valence-electron chi connectivity index (χ4n) is 1.61. The topological polar surface area (TPSA) is 58.6 Å². The highest BCUT2D eigenvalue weighted by Gasteiger charge is 2.16. The molecule has 0 aliphatic rings.